The molecule has 9 nitrogen and oxygen atoms in total. The van der Waals surface area contributed by atoms with Crippen molar-refractivity contribution in [2.24, 2.45) is 5.14 Å². The molecule has 1 unspecified atom stereocenters. The Morgan fingerprint density at radius 2 is 1.80 bits per heavy atom. The summed E-state index contributed by atoms with van der Waals surface area (Å²) in [4.78, 5) is 38.1. The van der Waals surface area contributed by atoms with E-state index < -0.39 is 15.3 Å². The first kappa shape index (κ1) is 21.8. The smallest absolute Gasteiger partial charge is 0.247 e. The normalized spacial score (nSPS) is 16.6. The van der Waals surface area contributed by atoms with E-state index in [1.807, 2.05) is 0 Å². The van der Waals surface area contributed by atoms with Crippen LogP contribution in [0.15, 0.2) is 53.4 Å². The van der Waals surface area contributed by atoms with E-state index in [1.54, 1.807) is 24.3 Å². The van der Waals surface area contributed by atoms with Crippen molar-refractivity contribution in [1.29, 1.82) is 0 Å². The summed E-state index contributed by atoms with van der Waals surface area (Å²) in [6, 6.07) is 12.0. The number of rotatable bonds is 7. The van der Waals surface area contributed by atoms with Gasteiger partial charge in [-0.1, -0.05) is 0 Å². The molecule has 1 atom stereocenters. The van der Waals surface area contributed by atoms with Crippen molar-refractivity contribution < 1.29 is 27.5 Å². The minimum absolute atomic E-state index is 0.00582. The van der Waals surface area contributed by atoms with E-state index in [0.29, 0.717) is 17.1 Å². The molecular formula is C19H19N3O6S2. The minimum Gasteiger partial charge on any atom is -0.497 e. The maximum atomic E-state index is 12.6. The second kappa shape index (κ2) is 8.86. The standard InChI is InChI=1S/C19H19N3O6S2/c1-28-14-6-4-13(5-7-14)22-18(24)10-16(19(22)25)29-11-17(23)21-12-2-8-15(9-3-12)30(20,26)27/h2-9,16H,10-11H2,1H3,(H,21,23)(H2,20,26,27). The molecule has 1 saturated heterocycles. The number of carbonyl (C=O) groups is 3. The van der Waals surface area contributed by atoms with Crippen molar-refractivity contribution >= 4 is 50.9 Å². The van der Waals surface area contributed by atoms with Crippen molar-refractivity contribution in [2.45, 2.75) is 16.6 Å². The lowest BCUT2D eigenvalue weighted by atomic mass is 10.3. The molecule has 0 spiro atoms. The highest BCUT2D eigenvalue weighted by Gasteiger charge is 2.40. The summed E-state index contributed by atoms with van der Waals surface area (Å²) in [6.07, 6.45) is 0.00582. The minimum atomic E-state index is -3.81. The first-order valence-corrected chi connectivity index (χ1v) is 11.3. The van der Waals surface area contributed by atoms with Crippen LogP contribution < -0.4 is 20.1 Å². The molecule has 1 aliphatic rings. The molecule has 0 aromatic heterocycles. The second-order valence-electron chi connectivity index (χ2n) is 6.39. The molecular weight excluding hydrogens is 430 g/mol. The number of hydrogen-bond acceptors (Lipinski definition) is 7. The van der Waals surface area contributed by atoms with Gasteiger partial charge in [-0.25, -0.2) is 18.5 Å². The van der Waals surface area contributed by atoms with Gasteiger partial charge in [-0.05, 0) is 48.5 Å². The Hall–Kier alpha value is -2.89. The molecule has 11 heteroatoms. The Bertz CT molecular complexity index is 1070. The number of ether oxygens (including phenoxy) is 1. The zero-order chi connectivity index (χ0) is 21.9. The average molecular weight is 450 g/mol. The van der Waals surface area contributed by atoms with Crippen LogP contribution >= 0.6 is 11.8 Å². The van der Waals surface area contributed by atoms with Gasteiger partial charge >= 0.3 is 0 Å². The highest BCUT2D eigenvalue weighted by atomic mass is 32.2. The molecule has 1 heterocycles. The molecule has 3 amide bonds. The summed E-state index contributed by atoms with van der Waals surface area (Å²) in [5.74, 6) is -0.525. The second-order valence-corrected chi connectivity index (χ2v) is 9.14. The van der Waals surface area contributed by atoms with Crippen LogP contribution in [0.25, 0.3) is 0 Å². The van der Waals surface area contributed by atoms with E-state index in [-0.39, 0.29) is 34.8 Å². The monoisotopic (exact) mass is 449 g/mol. The predicted molar refractivity (Wildman–Crippen MR) is 113 cm³/mol. The average Bonchev–Trinajstić information content (AvgIpc) is 2.99. The maximum absolute atomic E-state index is 12.6. The molecule has 1 aliphatic heterocycles. The van der Waals surface area contributed by atoms with E-state index in [4.69, 9.17) is 9.88 Å². The van der Waals surface area contributed by atoms with E-state index in [0.717, 1.165) is 16.7 Å². The molecule has 2 aromatic rings. The molecule has 0 radical (unpaired) electrons. The third kappa shape index (κ3) is 4.99. The topological polar surface area (TPSA) is 136 Å². The van der Waals surface area contributed by atoms with Gasteiger partial charge in [0.2, 0.25) is 27.7 Å². The molecule has 2 aromatic carbocycles. The fraction of sp³-hybridized carbons (Fsp3) is 0.211. The van der Waals surface area contributed by atoms with Crippen LogP contribution in [-0.2, 0) is 24.4 Å². The number of nitrogens with one attached hydrogen (secondary N) is 1. The van der Waals surface area contributed by atoms with E-state index in [2.05, 4.69) is 5.32 Å². The van der Waals surface area contributed by atoms with Crippen molar-refractivity contribution in [2.75, 3.05) is 23.1 Å². The zero-order valence-corrected chi connectivity index (χ0v) is 17.5. The fourth-order valence-corrected chi connectivity index (χ4v) is 4.29. The third-order valence-corrected chi connectivity index (χ3v) is 6.45. The van der Waals surface area contributed by atoms with Crippen LogP contribution in [0.2, 0.25) is 0 Å². The van der Waals surface area contributed by atoms with Crippen LogP contribution in [0.5, 0.6) is 5.75 Å². The number of nitrogens with two attached hydrogens (primary N) is 1. The fourth-order valence-electron chi connectivity index (χ4n) is 2.84. The number of imide groups is 1. The first-order valence-electron chi connectivity index (χ1n) is 8.74. The van der Waals surface area contributed by atoms with Gasteiger partial charge in [-0.2, -0.15) is 0 Å². The van der Waals surface area contributed by atoms with Gasteiger partial charge in [0.1, 0.15) is 5.75 Å². The van der Waals surface area contributed by atoms with E-state index >= 15 is 0 Å². The molecule has 0 aliphatic carbocycles. The Morgan fingerprint density at radius 3 is 2.37 bits per heavy atom. The summed E-state index contributed by atoms with van der Waals surface area (Å²) >= 11 is 1.07. The summed E-state index contributed by atoms with van der Waals surface area (Å²) < 4.78 is 27.6. The quantitative estimate of drug-likeness (QED) is 0.609. The van der Waals surface area contributed by atoms with Gasteiger partial charge in [0.25, 0.3) is 0 Å². The summed E-state index contributed by atoms with van der Waals surface area (Å²) in [5.41, 5.74) is 0.843. The van der Waals surface area contributed by atoms with Gasteiger partial charge < -0.3 is 10.1 Å². The van der Waals surface area contributed by atoms with Crippen molar-refractivity contribution in [1.82, 2.24) is 0 Å². The number of hydrogen-bond donors (Lipinski definition) is 2. The van der Waals surface area contributed by atoms with Gasteiger partial charge in [0.15, 0.2) is 0 Å². The summed E-state index contributed by atoms with van der Waals surface area (Å²) in [5, 5.41) is 6.98. The number of methoxy groups -OCH3 is 1. The molecule has 0 saturated carbocycles. The summed E-state index contributed by atoms with van der Waals surface area (Å²) in [6.45, 7) is 0. The zero-order valence-electron chi connectivity index (χ0n) is 15.9. The SMILES string of the molecule is COc1ccc(N2C(=O)CC(SCC(=O)Nc3ccc(S(N)(=O)=O)cc3)C2=O)cc1. The summed E-state index contributed by atoms with van der Waals surface area (Å²) in [7, 11) is -2.29. The number of anilines is 2. The van der Waals surface area contributed by atoms with Gasteiger partial charge in [-0.15, -0.1) is 11.8 Å². The van der Waals surface area contributed by atoms with Crippen LogP contribution in [0.3, 0.4) is 0 Å². The molecule has 158 valence electrons. The highest BCUT2D eigenvalue weighted by Crippen LogP contribution is 2.30. The molecule has 30 heavy (non-hydrogen) atoms. The lowest BCUT2D eigenvalue weighted by Crippen LogP contribution is -2.31. The number of nitrogens with zero attached hydrogens (tertiary/aromatic N) is 1. The van der Waals surface area contributed by atoms with Crippen LogP contribution in [0.4, 0.5) is 11.4 Å². The van der Waals surface area contributed by atoms with Gasteiger partial charge in [-0.3, -0.25) is 14.4 Å². The van der Waals surface area contributed by atoms with E-state index in [9.17, 15) is 22.8 Å². The number of primary sulfonamides is 1. The largest absolute Gasteiger partial charge is 0.497 e. The molecule has 3 rings (SSSR count). The lowest BCUT2D eigenvalue weighted by Gasteiger charge is -2.15. The predicted octanol–water partition coefficient (Wildman–Crippen LogP) is 1.35. The first-order chi connectivity index (χ1) is 14.2. The highest BCUT2D eigenvalue weighted by molar-refractivity contribution is 8.01. The number of benzene rings is 2. The number of sulfonamides is 1. The Labute approximate surface area is 177 Å². The maximum Gasteiger partial charge on any atom is 0.247 e. The van der Waals surface area contributed by atoms with Gasteiger partial charge in [0.05, 0.1) is 28.7 Å². The Kier molecular flexibility index (Phi) is 6.44. The Balaban J connectivity index is 1.57. The van der Waals surface area contributed by atoms with Crippen LogP contribution in [0.1, 0.15) is 6.42 Å². The van der Waals surface area contributed by atoms with Crippen LogP contribution in [0, 0.1) is 0 Å². The van der Waals surface area contributed by atoms with Crippen molar-refractivity contribution in [3.63, 3.8) is 0 Å². The van der Waals surface area contributed by atoms with Crippen LogP contribution in [-0.4, -0.2) is 44.3 Å². The van der Waals surface area contributed by atoms with Gasteiger partial charge in [0, 0.05) is 12.1 Å². The number of amides is 3. The number of carbonyl (C=O) groups excluding carboxylic acids is 3. The number of thioether (sulfide) groups is 1. The molecule has 0 bridgehead atoms. The molecule has 3 N–H and O–H groups in total. The molecule has 1 fully saturated rings. The third-order valence-electron chi connectivity index (χ3n) is 4.32. The van der Waals surface area contributed by atoms with E-state index in [1.165, 1.54) is 31.4 Å². The van der Waals surface area contributed by atoms with Crippen molar-refractivity contribution in [3.8, 4) is 5.75 Å². The Morgan fingerprint density at radius 1 is 1.17 bits per heavy atom. The van der Waals surface area contributed by atoms with Crippen molar-refractivity contribution in [3.05, 3.63) is 48.5 Å². The lowest BCUT2D eigenvalue weighted by molar-refractivity contribution is -0.121.